The van der Waals surface area contributed by atoms with Gasteiger partial charge in [-0.15, -0.1) is 0 Å². The van der Waals surface area contributed by atoms with Gasteiger partial charge in [0.25, 0.3) is 5.91 Å². The number of benzene rings is 2. The number of ether oxygens (including phenoxy) is 1. The van der Waals surface area contributed by atoms with E-state index in [1.807, 2.05) is 91.1 Å². The summed E-state index contributed by atoms with van der Waals surface area (Å²) in [7, 11) is 0. The second-order valence-corrected chi connectivity index (χ2v) is 13.4. The van der Waals surface area contributed by atoms with E-state index in [1.165, 1.54) is 0 Å². The van der Waals surface area contributed by atoms with E-state index in [9.17, 15) is 14.4 Å². The van der Waals surface area contributed by atoms with Gasteiger partial charge < -0.3 is 20.3 Å². The molecule has 0 bridgehead atoms. The summed E-state index contributed by atoms with van der Waals surface area (Å²) in [5, 5.41) is 5.98. The third-order valence-electron chi connectivity index (χ3n) is 7.15. The number of anilines is 1. The van der Waals surface area contributed by atoms with Crippen LogP contribution in [0.4, 0.5) is 10.5 Å². The maximum Gasteiger partial charge on any atom is 0.408 e. The molecule has 2 rings (SSSR count). The van der Waals surface area contributed by atoms with Crippen LogP contribution in [0.25, 0.3) is 0 Å². The molecule has 2 unspecified atom stereocenters. The van der Waals surface area contributed by atoms with Crippen molar-refractivity contribution < 1.29 is 19.1 Å². The number of carbonyl (C=O) groups excluding carboxylic acids is 3. The number of aryl methyl sites for hydroxylation is 4. The first-order valence-electron chi connectivity index (χ1n) is 14.3. The minimum Gasteiger partial charge on any atom is -0.444 e. The number of hydrogen-bond donors (Lipinski definition) is 2. The van der Waals surface area contributed by atoms with E-state index in [-0.39, 0.29) is 11.8 Å². The first-order valence-corrected chi connectivity index (χ1v) is 15.7. The minimum absolute atomic E-state index is 0.303. The lowest BCUT2D eigenvalue weighted by Crippen LogP contribution is -2.59. The highest BCUT2D eigenvalue weighted by molar-refractivity contribution is 7.98. The van der Waals surface area contributed by atoms with Crippen molar-refractivity contribution in [3.05, 3.63) is 64.2 Å². The van der Waals surface area contributed by atoms with E-state index in [0.717, 1.165) is 33.5 Å². The van der Waals surface area contributed by atoms with Crippen LogP contribution in [0.2, 0.25) is 0 Å². The van der Waals surface area contributed by atoms with Gasteiger partial charge in [0.1, 0.15) is 17.7 Å². The molecule has 0 aliphatic carbocycles. The average molecular weight is 584 g/mol. The average Bonchev–Trinajstić information content (AvgIpc) is 2.84. The Bertz CT molecular complexity index is 1190. The number of para-hydroxylation sites is 1. The Balaban J connectivity index is 2.71. The fourth-order valence-corrected chi connectivity index (χ4v) is 5.32. The molecule has 0 spiro atoms. The molecule has 7 nitrogen and oxygen atoms in total. The molecule has 41 heavy (non-hydrogen) atoms. The van der Waals surface area contributed by atoms with E-state index < -0.39 is 29.3 Å². The molecule has 0 saturated carbocycles. The van der Waals surface area contributed by atoms with Crippen LogP contribution in [0.5, 0.6) is 0 Å². The molecule has 2 aromatic carbocycles. The van der Waals surface area contributed by atoms with Gasteiger partial charge in [-0.05, 0) is 104 Å². The van der Waals surface area contributed by atoms with E-state index in [4.69, 9.17) is 4.74 Å². The first kappa shape index (κ1) is 34.2. The Morgan fingerprint density at radius 2 is 1.51 bits per heavy atom. The van der Waals surface area contributed by atoms with Crippen LogP contribution < -0.4 is 10.6 Å². The molecule has 2 aromatic rings. The molecule has 0 radical (unpaired) electrons. The Hall–Kier alpha value is -3.00. The molecule has 0 aliphatic heterocycles. The summed E-state index contributed by atoms with van der Waals surface area (Å²) in [5.74, 6) is 0.0239. The number of nitrogens with zero attached hydrogens (tertiary/aromatic N) is 1. The van der Waals surface area contributed by atoms with Gasteiger partial charge in [0.2, 0.25) is 5.91 Å². The van der Waals surface area contributed by atoms with Crippen LogP contribution in [0.15, 0.2) is 36.4 Å². The fourth-order valence-electron chi connectivity index (χ4n) is 4.84. The first-order chi connectivity index (χ1) is 19.0. The standard InChI is InChI=1S/C33H49N3O4S/c1-12-33(9,10)36(30(38)26(16-17-41-11)34-31(39)40-32(6,7)8)28(25-19-21(2)18-22(3)20-25)29(37)35-27-23(4)14-13-15-24(27)5/h13-15,18-20,26,28H,12,16-17H2,1-11H3,(H,34,39)(H,35,37). The molecular formula is C33H49N3O4S. The zero-order chi connectivity index (χ0) is 31.1. The van der Waals surface area contributed by atoms with Gasteiger partial charge >= 0.3 is 6.09 Å². The van der Waals surface area contributed by atoms with Crippen molar-refractivity contribution in [2.24, 2.45) is 0 Å². The maximum absolute atomic E-state index is 14.6. The monoisotopic (exact) mass is 583 g/mol. The van der Waals surface area contributed by atoms with Crippen molar-refractivity contribution in [3.8, 4) is 0 Å². The second kappa shape index (κ2) is 14.3. The molecule has 0 saturated heterocycles. The lowest BCUT2D eigenvalue weighted by Gasteiger charge is -2.44. The second-order valence-electron chi connectivity index (χ2n) is 12.4. The van der Waals surface area contributed by atoms with Gasteiger partial charge in [0.15, 0.2) is 0 Å². The third kappa shape index (κ3) is 9.52. The molecule has 0 fully saturated rings. The van der Waals surface area contributed by atoms with E-state index >= 15 is 0 Å². The van der Waals surface area contributed by atoms with E-state index in [0.29, 0.717) is 18.6 Å². The van der Waals surface area contributed by atoms with Gasteiger partial charge in [-0.1, -0.05) is 54.4 Å². The Labute approximate surface area is 251 Å². The summed E-state index contributed by atoms with van der Waals surface area (Å²) in [6.45, 7) is 19.2. The highest BCUT2D eigenvalue weighted by Gasteiger charge is 2.43. The van der Waals surface area contributed by atoms with Gasteiger partial charge in [0, 0.05) is 11.2 Å². The highest BCUT2D eigenvalue weighted by atomic mass is 32.2. The summed E-state index contributed by atoms with van der Waals surface area (Å²) in [6, 6.07) is 10.0. The smallest absolute Gasteiger partial charge is 0.408 e. The predicted octanol–water partition coefficient (Wildman–Crippen LogP) is 7.26. The summed E-state index contributed by atoms with van der Waals surface area (Å²) in [6.07, 6.45) is 2.29. The SMILES string of the molecule is CCC(C)(C)N(C(=O)C(CCSC)NC(=O)OC(C)(C)C)C(C(=O)Nc1c(C)cccc1C)c1cc(C)cc(C)c1. The van der Waals surface area contributed by atoms with E-state index in [2.05, 4.69) is 10.6 Å². The maximum atomic E-state index is 14.6. The number of alkyl carbamates (subject to hydrolysis) is 1. The number of rotatable bonds is 11. The normalized spacial score (nSPS) is 13.2. The van der Waals surface area contributed by atoms with Gasteiger partial charge in [-0.3, -0.25) is 9.59 Å². The van der Waals surface area contributed by atoms with Crippen molar-refractivity contribution >= 4 is 35.4 Å². The Kier molecular flexibility index (Phi) is 11.9. The number of hydrogen-bond acceptors (Lipinski definition) is 5. The largest absolute Gasteiger partial charge is 0.444 e. The van der Waals surface area contributed by atoms with Crippen molar-refractivity contribution in [3.63, 3.8) is 0 Å². The van der Waals surface area contributed by atoms with Crippen molar-refractivity contribution in [2.45, 2.75) is 105 Å². The topological polar surface area (TPSA) is 87.7 Å². The van der Waals surface area contributed by atoms with E-state index in [1.54, 1.807) is 37.4 Å². The molecule has 2 atom stereocenters. The fraction of sp³-hybridized carbons (Fsp3) is 0.545. The van der Waals surface area contributed by atoms with Crippen molar-refractivity contribution in [1.29, 1.82) is 0 Å². The predicted molar refractivity (Wildman–Crippen MR) is 171 cm³/mol. The molecule has 2 N–H and O–H groups in total. The molecular weight excluding hydrogens is 534 g/mol. The quantitative estimate of drug-likeness (QED) is 0.291. The number of thioether (sulfide) groups is 1. The van der Waals surface area contributed by atoms with Gasteiger partial charge in [-0.25, -0.2) is 4.79 Å². The van der Waals surface area contributed by atoms with Crippen LogP contribution >= 0.6 is 11.8 Å². The summed E-state index contributed by atoms with van der Waals surface area (Å²) < 4.78 is 5.51. The van der Waals surface area contributed by atoms with Crippen molar-refractivity contribution in [1.82, 2.24) is 10.2 Å². The highest BCUT2D eigenvalue weighted by Crippen LogP contribution is 2.35. The third-order valence-corrected chi connectivity index (χ3v) is 7.79. The van der Waals surface area contributed by atoms with Gasteiger partial charge in [0.05, 0.1) is 0 Å². The van der Waals surface area contributed by atoms with Crippen LogP contribution in [-0.2, 0) is 14.3 Å². The van der Waals surface area contributed by atoms with Crippen LogP contribution in [0.3, 0.4) is 0 Å². The molecule has 226 valence electrons. The summed E-state index contributed by atoms with van der Waals surface area (Å²) in [5.41, 5.74) is 3.90. The number of nitrogens with one attached hydrogen (secondary N) is 2. The van der Waals surface area contributed by atoms with Gasteiger partial charge in [-0.2, -0.15) is 11.8 Å². The van der Waals surface area contributed by atoms with Crippen LogP contribution in [-0.4, -0.2) is 52.0 Å². The Morgan fingerprint density at radius 3 is 2.00 bits per heavy atom. The Morgan fingerprint density at radius 1 is 0.951 bits per heavy atom. The molecule has 8 heteroatoms. The zero-order valence-corrected chi connectivity index (χ0v) is 27.5. The number of amides is 3. The summed E-state index contributed by atoms with van der Waals surface area (Å²) in [4.78, 5) is 43.5. The molecule has 0 aromatic heterocycles. The molecule has 3 amide bonds. The van der Waals surface area contributed by atoms with Crippen LogP contribution in [0, 0.1) is 27.7 Å². The summed E-state index contributed by atoms with van der Waals surface area (Å²) >= 11 is 1.59. The van der Waals surface area contributed by atoms with Crippen molar-refractivity contribution in [2.75, 3.05) is 17.3 Å². The number of carbonyl (C=O) groups is 3. The lowest BCUT2D eigenvalue weighted by atomic mass is 9.90. The lowest BCUT2D eigenvalue weighted by molar-refractivity contribution is -0.147. The molecule has 0 heterocycles. The minimum atomic E-state index is -0.938. The zero-order valence-electron chi connectivity index (χ0n) is 26.7. The van der Waals surface area contributed by atoms with Crippen LogP contribution in [0.1, 0.15) is 88.2 Å². The molecule has 0 aliphatic rings.